The minimum absolute atomic E-state index is 0.161. The van der Waals surface area contributed by atoms with E-state index in [-0.39, 0.29) is 5.91 Å². The summed E-state index contributed by atoms with van der Waals surface area (Å²) in [5.74, 6) is 1.22. The third kappa shape index (κ3) is 5.40. The zero-order valence-electron chi connectivity index (χ0n) is 16.7. The van der Waals surface area contributed by atoms with Crippen molar-refractivity contribution in [2.24, 2.45) is 0 Å². The third-order valence-corrected chi connectivity index (χ3v) is 5.76. The van der Waals surface area contributed by atoms with Gasteiger partial charge in [-0.15, -0.1) is 0 Å². The van der Waals surface area contributed by atoms with E-state index in [4.69, 9.17) is 9.15 Å². The van der Waals surface area contributed by atoms with Gasteiger partial charge < -0.3 is 14.5 Å². The molecule has 1 N–H and O–H groups in total. The molecule has 0 aliphatic carbocycles. The first kappa shape index (κ1) is 21.0. The lowest BCUT2D eigenvalue weighted by Crippen LogP contribution is -2.26. The van der Waals surface area contributed by atoms with E-state index in [0.29, 0.717) is 41.8 Å². The predicted molar refractivity (Wildman–Crippen MR) is 112 cm³/mol. The Hall–Kier alpha value is -2.77. The van der Waals surface area contributed by atoms with Gasteiger partial charge in [-0.1, -0.05) is 17.7 Å². The maximum absolute atomic E-state index is 12.6. The monoisotopic (exact) mass is 412 g/mol. The molecule has 1 amide bonds. The summed E-state index contributed by atoms with van der Waals surface area (Å²) in [6.45, 7) is 4.73. The molecule has 0 unspecified atom stereocenters. The van der Waals surface area contributed by atoms with Crippen molar-refractivity contribution in [2.75, 3.05) is 20.3 Å². The van der Waals surface area contributed by atoms with E-state index in [2.05, 4.69) is 10.3 Å². The average Bonchev–Trinajstić information content (AvgIpc) is 3.09. The minimum atomic E-state index is -1.20. The second kappa shape index (κ2) is 9.62. The number of ether oxygens (including phenoxy) is 1. The van der Waals surface area contributed by atoms with Crippen LogP contribution in [0, 0.1) is 13.8 Å². The molecule has 0 aliphatic heterocycles. The lowest BCUT2D eigenvalue weighted by atomic mass is 10.1. The fourth-order valence-electron chi connectivity index (χ4n) is 2.72. The summed E-state index contributed by atoms with van der Waals surface area (Å²) in [6, 6.07) is 14.7. The van der Waals surface area contributed by atoms with Gasteiger partial charge in [0.15, 0.2) is 0 Å². The van der Waals surface area contributed by atoms with E-state index in [1.807, 2.05) is 38.1 Å². The van der Waals surface area contributed by atoms with Crippen LogP contribution in [-0.2, 0) is 21.3 Å². The molecule has 29 heavy (non-hydrogen) atoms. The number of methoxy groups -OCH3 is 1. The topological polar surface area (TPSA) is 81.4 Å². The summed E-state index contributed by atoms with van der Waals surface area (Å²) in [6.07, 6.45) is 0. The summed E-state index contributed by atoms with van der Waals surface area (Å²) in [7, 11) is 0.391. The normalized spacial score (nSPS) is 12.0. The number of nitrogens with zero attached hydrogens (tertiary/aromatic N) is 1. The Morgan fingerprint density at radius 3 is 2.45 bits per heavy atom. The minimum Gasteiger partial charge on any atom is -0.441 e. The molecule has 1 atom stereocenters. The first-order valence-corrected chi connectivity index (χ1v) is 10.6. The van der Waals surface area contributed by atoms with E-state index in [1.165, 1.54) is 0 Å². The van der Waals surface area contributed by atoms with Crippen LogP contribution < -0.4 is 5.32 Å². The summed E-state index contributed by atoms with van der Waals surface area (Å²) < 4.78 is 23.3. The zero-order valence-corrected chi connectivity index (χ0v) is 17.5. The number of aryl methyl sites for hydroxylation is 2. The largest absolute Gasteiger partial charge is 0.441 e. The lowest BCUT2D eigenvalue weighted by Gasteiger charge is -2.04. The molecule has 7 heteroatoms. The quantitative estimate of drug-likeness (QED) is 0.571. The Labute approximate surface area is 172 Å². The van der Waals surface area contributed by atoms with E-state index in [0.717, 1.165) is 16.0 Å². The smallest absolute Gasteiger partial charge is 0.251 e. The van der Waals surface area contributed by atoms with Crippen molar-refractivity contribution in [2.45, 2.75) is 24.5 Å². The van der Waals surface area contributed by atoms with E-state index < -0.39 is 10.8 Å². The van der Waals surface area contributed by atoms with Crippen molar-refractivity contribution in [1.82, 2.24) is 10.3 Å². The van der Waals surface area contributed by atoms with E-state index in [9.17, 15) is 9.00 Å². The van der Waals surface area contributed by atoms with Crippen molar-refractivity contribution in [1.29, 1.82) is 0 Å². The Morgan fingerprint density at radius 2 is 1.79 bits per heavy atom. The molecule has 0 radical (unpaired) electrons. The Bertz CT molecular complexity index is 995. The first-order chi connectivity index (χ1) is 14.0. The van der Waals surface area contributed by atoms with Gasteiger partial charge in [0.25, 0.3) is 5.91 Å². The lowest BCUT2D eigenvalue weighted by molar-refractivity contribution is 0.0937. The molecule has 152 valence electrons. The number of nitrogens with one attached hydrogen (secondary N) is 1. The average molecular weight is 413 g/mol. The van der Waals surface area contributed by atoms with Crippen LogP contribution in [0.5, 0.6) is 0 Å². The summed E-state index contributed by atoms with van der Waals surface area (Å²) in [5, 5.41) is 2.78. The highest BCUT2D eigenvalue weighted by Gasteiger charge is 2.15. The number of benzene rings is 2. The Balaban J connectivity index is 1.70. The number of carbonyl (C=O) groups is 1. The standard InChI is InChI=1S/C22H24N2O4S/c1-15-4-10-19(11-5-15)29(26)14-20-16(2)28-22(24-20)18-8-6-17(7-9-18)21(25)23-12-13-27-3/h4-11H,12-14H2,1-3H3,(H,23,25)/t29-/m0/s1. The maximum atomic E-state index is 12.6. The zero-order chi connectivity index (χ0) is 20.8. The molecule has 0 saturated carbocycles. The first-order valence-electron chi connectivity index (χ1n) is 9.27. The van der Waals surface area contributed by atoms with Gasteiger partial charge in [0.05, 0.1) is 28.9 Å². The summed E-state index contributed by atoms with van der Waals surface area (Å²) in [4.78, 5) is 17.4. The highest BCUT2D eigenvalue weighted by molar-refractivity contribution is 7.84. The van der Waals surface area contributed by atoms with E-state index in [1.54, 1.807) is 31.4 Å². The molecular formula is C22H24N2O4S. The number of carbonyl (C=O) groups excluding carboxylic acids is 1. The molecule has 0 spiro atoms. The van der Waals surface area contributed by atoms with Crippen LogP contribution in [0.3, 0.4) is 0 Å². The number of hydrogen-bond acceptors (Lipinski definition) is 5. The fraction of sp³-hybridized carbons (Fsp3) is 0.273. The van der Waals surface area contributed by atoms with Crippen LogP contribution in [-0.4, -0.2) is 35.4 Å². The molecule has 0 aliphatic rings. The Morgan fingerprint density at radius 1 is 1.10 bits per heavy atom. The number of amides is 1. The highest BCUT2D eigenvalue weighted by Crippen LogP contribution is 2.24. The van der Waals surface area contributed by atoms with Crippen LogP contribution in [0.4, 0.5) is 0 Å². The van der Waals surface area contributed by atoms with Crippen molar-refractivity contribution in [3.63, 3.8) is 0 Å². The van der Waals surface area contributed by atoms with Gasteiger partial charge in [-0.3, -0.25) is 9.00 Å². The van der Waals surface area contributed by atoms with Crippen molar-refractivity contribution >= 4 is 16.7 Å². The second-order valence-electron chi connectivity index (χ2n) is 6.65. The molecule has 0 fully saturated rings. The van der Waals surface area contributed by atoms with Crippen LogP contribution >= 0.6 is 0 Å². The van der Waals surface area contributed by atoms with Crippen molar-refractivity contribution < 1.29 is 18.2 Å². The number of hydrogen-bond donors (Lipinski definition) is 1. The van der Waals surface area contributed by atoms with Gasteiger partial charge in [0.2, 0.25) is 5.89 Å². The number of rotatable bonds is 8. The maximum Gasteiger partial charge on any atom is 0.251 e. The van der Waals surface area contributed by atoms with Gasteiger partial charge in [-0.2, -0.15) is 0 Å². The second-order valence-corrected chi connectivity index (χ2v) is 8.10. The molecule has 2 aromatic carbocycles. The van der Waals surface area contributed by atoms with Crippen molar-refractivity contribution in [3.8, 4) is 11.5 Å². The molecule has 3 rings (SSSR count). The highest BCUT2D eigenvalue weighted by atomic mass is 32.2. The van der Waals surface area contributed by atoms with Crippen LogP contribution in [0.2, 0.25) is 0 Å². The molecule has 1 heterocycles. The van der Waals surface area contributed by atoms with Gasteiger partial charge in [0, 0.05) is 29.7 Å². The number of oxazole rings is 1. The fourth-order valence-corrected chi connectivity index (χ4v) is 3.84. The van der Waals surface area contributed by atoms with Gasteiger partial charge in [0.1, 0.15) is 5.76 Å². The third-order valence-electron chi connectivity index (χ3n) is 4.43. The molecular weight excluding hydrogens is 388 g/mol. The molecule has 3 aromatic rings. The number of aromatic nitrogens is 1. The van der Waals surface area contributed by atoms with Crippen LogP contribution in [0.1, 0.15) is 27.4 Å². The summed E-state index contributed by atoms with van der Waals surface area (Å²) in [5.41, 5.74) is 3.10. The van der Waals surface area contributed by atoms with Gasteiger partial charge in [-0.05, 0) is 50.2 Å². The molecule has 0 saturated heterocycles. The van der Waals surface area contributed by atoms with Crippen molar-refractivity contribution in [3.05, 3.63) is 71.1 Å². The van der Waals surface area contributed by atoms with Crippen LogP contribution in [0.15, 0.2) is 57.8 Å². The Kier molecular flexibility index (Phi) is 6.95. The molecule has 0 bridgehead atoms. The summed E-state index contributed by atoms with van der Waals surface area (Å²) >= 11 is 0. The predicted octanol–water partition coefficient (Wildman–Crippen LogP) is 3.64. The molecule has 1 aromatic heterocycles. The van der Waals surface area contributed by atoms with Crippen LogP contribution in [0.25, 0.3) is 11.5 Å². The van der Waals surface area contributed by atoms with E-state index >= 15 is 0 Å². The SMILES string of the molecule is COCCNC(=O)c1ccc(-c2nc(C[S@](=O)c3ccc(C)cc3)c(C)o2)cc1. The molecule has 6 nitrogen and oxygen atoms in total. The van der Waals surface area contributed by atoms with Gasteiger partial charge >= 0.3 is 0 Å². The van der Waals surface area contributed by atoms with Gasteiger partial charge in [-0.25, -0.2) is 4.98 Å².